The highest BCUT2D eigenvalue weighted by atomic mass is 28.2. The Labute approximate surface area is 57.4 Å². The zero-order valence-corrected chi connectivity index (χ0v) is 7.37. The van der Waals surface area contributed by atoms with Crippen LogP contribution in [0.2, 0.25) is 0 Å². The Bertz CT molecular complexity index is 166. The molecule has 0 saturated heterocycles. The maximum absolute atomic E-state index is 5.00. The van der Waals surface area contributed by atoms with Crippen molar-refractivity contribution in [3.63, 3.8) is 0 Å². The van der Waals surface area contributed by atoms with Crippen LogP contribution in [0.25, 0.3) is 0 Å². The van der Waals surface area contributed by atoms with E-state index < -0.39 is 0 Å². The molecule has 3 heteroatoms. The zero-order valence-electron chi connectivity index (χ0n) is 5.37. The Morgan fingerprint density at radius 1 is 1.56 bits per heavy atom. The van der Waals surface area contributed by atoms with Gasteiger partial charge in [-0.05, 0) is 12.1 Å². The van der Waals surface area contributed by atoms with E-state index in [0.717, 1.165) is 16.2 Å². The first-order chi connectivity index (χ1) is 4.43. The highest BCUT2D eigenvalue weighted by Gasteiger charge is 1.85. The van der Waals surface area contributed by atoms with E-state index in [1.807, 2.05) is 18.2 Å². The lowest BCUT2D eigenvalue weighted by Gasteiger charge is -1.94. The molecule has 0 radical (unpaired) electrons. The predicted molar refractivity (Wildman–Crippen MR) is 39.0 cm³/mol. The van der Waals surface area contributed by atoms with Gasteiger partial charge in [-0.2, -0.15) is 0 Å². The van der Waals surface area contributed by atoms with Gasteiger partial charge >= 0.3 is 0 Å². The minimum Gasteiger partial charge on any atom is -0.422 e. The van der Waals surface area contributed by atoms with Crippen LogP contribution in [0.3, 0.4) is 0 Å². The topological polar surface area (TPSA) is 22.1 Å². The van der Waals surface area contributed by atoms with E-state index in [1.54, 1.807) is 6.20 Å². The molecule has 2 nitrogen and oxygen atoms in total. The summed E-state index contributed by atoms with van der Waals surface area (Å²) in [7, 11) is 0.784. The number of pyridine rings is 1. The molecule has 1 aromatic rings. The van der Waals surface area contributed by atoms with E-state index in [0.29, 0.717) is 6.61 Å². The molecular formula is C6H9NOSi. The van der Waals surface area contributed by atoms with E-state index in [4.69, 9.17) is 4.43 Å². The Morgan fingerprint density at radius 3 is 3.00 bits per heavy atom. The number of hydrogen-bond donors (Lipinski definition) is 0. The summed E-state index contributed by atoms with van der Waals surface area (Å²) in [6.45, 7) is 0.660. The quantitative estimate of drug-likeness (QED) is 0.533. The van der Waals surface area contributed by atoms with Crippen molar-refractivity contribution in [3.8, 4) is 0 Å². The maximum atomic E-state index is 5.00. The maximum Gasteiger partial charge on any atom is 0.146 e. The van der Waals surface area contributed by atoms with Crippen LogP contribution in [0, 0.1) is 0 Å². The van der Waals surface area contributed by atoms with Gasteiger partial charge in [0, 0.05) is 6.20 Å². The minimum absolute atomic E-state index is 0.660. The lowest BCUT2D eigenvalue weighted by molar-refractivity contribution is 0.333. The van der Waals surface area contributed by atoms with Crippen LogP contribution in [0.4, 0.5) is 0 Å². The Kier molecular flexibility index (Phi) is 2.42. The molecule has 0 aliphatic rings. The largest absolute Gasteiger partial charge is 0.422 e. The van der Waals surface area contributed by atoms with Crippen LogP contribution in [0.15, 0.2) is 24.4 Å². The van der Waals surface area contributed by atoms with Gasteiger partial charge in [0.05, 0.1) is 12.3 Å². The monoisotopic (exact) mass is 139 g/mol. The molecule has 9 heavy (non-hydrogen) atoms. The van der Waals surface area contributed by atoms with E-state index >= 15 is 0 Å². The zero-order chi connectivity index (χ0) is 6.53. The van der Waals surface area contributed by atoms with Gasteiger partial charge in [0.15, 0.2) is 0 Å². The van der Waals surface area contributed by atoms with Gasteiger partial charge in [0.2, 0.25) is 0 Å². The van der Waals surface area contributed by atoms with Crippen molar-refractivity contribution in [2.75, 3.05) is 0 Å². The smallest absolute Gasteiger partial charge is 0.146 e. The standard InChI is InChI=1S/C6H9NOSi/c9-8-5-6-3-1-2-4-7-6/h1-4H,5H2,9H3. The van der Waals surface area contributed by atoms with Crippen LogP contribution < -0.4 is 0 Å². The number of rotatable bonds is 2. The highest BCUT2D eigenvalue weighted by Crippen LogP contribution is 1.92. The summed E-state index contributed by atoms with van der Waals surface area (Å²) < 4.78 is 5.00. The second-order valence-corrected chi connectivity index (χ2v) is 2.33. The Hall–Kier alpha value is -0.673. The fourth-order valence-corrected chi connectivity index (χ4v) is 0.927. The molecule has 0 saturated carbocycles. The summed E-state index contributed by atoms with van der Waals surface area (Å²) in [5.74, 6) is 0. The third-order valence-corrected chi connectivity index (χ3v) is 1.31. The molecule has 1 heterocycles. The van der Waals surface area contributed by atoms with Crippen molar-refractivity contribution >= 4 is 10.5 Å². The Morgan fingerprint density at radius 2 is 2.44 bits per heavy atom. The normalized spacial score (nSPS) is 9.78. The van der Waals surface area contributed by atoms with Gasteiger partial charge in [0.1, 0.15) is 10.5 Å². The van der Waals surface area contributed by atoms with Gasteiger partial charge in [-0.25, -0.2) is 0 Å². The summed E-state index contributed by atoms with van der Waals surface area (Å²) in [5, 5.41) is 0. The lowest BCUT2D eigenvalue weighted by Crippen LogP contribution is -1.90. The average molecular weight is 139 g/mol. The molecule has 0 N–H and O–H groups in total. The fraction of sp³-hybridized carbons (Fsp3) is 0.167. The van der Waals surface area contributed by atoms with Crippen molar-refractivity contribution in [3.05, 3.63) is 30.1 Å². The van der Waals surface area contributed by atoms with Crippen molar-refractivity contribution in [1.29, 1.82) is 0 Å². The van der Waals surface area contributed by atoms with Gasteiger partial charge in [-0.3, -0.25) is 4.98 Å². The molecule has 0 amide bonds. The van der Waals surface area contributed by atoms with E-state index in [-0.39, 0.29) is 0 Å². The first-order valence-corrected chi connectivity index (χ1v) is 3.64. The molecule has 0 fully saturated rings. The first-order valence-electron chi connectivity index (χ1n) is 2.82. The van der Waals surface area contributed by atoms with Crippen molar-refractivity contribution in [2.24, 2.45) is 0 Å². The van der Waals surface area contributed by atoms with Gasteiger partial charge in [0.25, 0.3) is 0 Å². The second-order valence-electron chi connectivity index (χ2n) is 1.75. The molecule has 1 rings (SSSR count). The summed E-state index contributed by atoms with van der Waals surface area (Å²) in [5.41, 5.74) is 1.01. The van der Waals surface area contributed by atoms with Gasteiger partial charge in [-0.1, -0.05) is 6.07 Å². The molecular weight excluding hydrogens is 130 g/mol. The second kappa shape index (κ2) is 3.37. The van der Waals surface area contributed by atoms with E-state index in [2.05, 4.69) is 4.98 Å². The molecule has 0 aliphatic heterocycles. The van der Waals surface area contributed by atoms with E-state index in [9.17, 15) is 0 Å². The third-order valence-electron chi connectivity index (χ3n) is 1.02. The number of aromatic nitrogens is 1. The van der Waals surface area contributed by atoms with Crippen LogP contribution in [-0.4, -0.2) is 15.5 Å². The van der Waals surface area contributed by atoms with Crippen molar-refractivity contribution < 1.29 is 4.43 Å². The molecule has 0 unspecified atom stereocenters. The molecule has 0 spiro atoms. The molecule has 0 atom stereocenters. The number of hydrogen-bond acceptors (Lipinski definition) is 2. The SMILES string of the molecule is [SiH3]OCc1ccccn1. The molecule has 1 aromatic heterocycles. The van der Waals surface area contributed by atoms with Gasteiger partial charge in [-0.15, -0.1) is 0 Å². The Balaban J connectivity index is 2.61. The van der Waals surface area contributed by atoms with Crippen LogP contribution in [0.5, 0.6) is 0 Å². The molecule has 0 aliphatic carbocycles. The molecule has 48 valence electrons. The average Bonchev–Trinajstić information content (AvgIpc) is 1.91. The summed E-state index contributed by atoms with van der Waals surface area (Å²) in [4.78, 5) is 4.07. The third kappa shape index (κ3) is 1.95. The van der Waals surface area contributed by atoms with Crippen LogP contribution >= 0.6 is 0 Å². The minimum atomic E-state index is 0.660. The van der Waals surface area contributed by atoms with Crippen LogP contribution in [-0.2, 0) is 11.0 Å². The predicted octanol–water partition coefficient (Wildman–Crippen LogP) is -0.121. The summed E-state index contributed by atoms with van der Waals surface area (Å²) in [6, 6.07) is 5.82. The fourth-order valence-electron chi connectivity index (χ4n) is 0.631. The van der Waals surface area contributed by atoms with E-state index in [1.165, 1.54) is 0 Å². The van der Waals surface area contributed by atoms with Crippen molar-refractivity contribution in [1.82, 2.24) is 4.98 Å². The number of nitrogens with zero attached hydrogens (tertiary/aromatic N) is 1. The summed E-state index contributed by atoms with van der Waals surface area (Å²) >= 11 is 0. The molecule has 0 aromatic carbocycles. The van der Waals surface area contributed by atoms with Gasteiger partial charge < -0.3 is 4.43 Å². The first kappa shape index (κ1) is 6.45. The lowest BCUT2D eigenvalue weighted by atomic mass is 10.4. The summed E-state index contributed by atoms with van der Waals surface area (Å²) in [6.07, 6.45) is 1.77. The van der Waals surface area contributed by atoms with Crippen LogP contribution in [0.1, 0.15) is 5.69 Å². The molecule has 0 bridgehead atoms. The van der Waals surface area contributed by atoms with Crippen molar-refractivity contribution in [2.45, 2.75) is 6.61 Å². The highest BCUT2D eigenvalue weighted by molar-refractivity contribution is 5.97.